The maximum Gasteiger partial charge on any atom is 0.240 e. The maximum absolute atomic E-state index is 12.0. The van der Waals surface area contributed by atoms with Gasteiger partial charge in [0.05, 0.1) is 10.6 Å². The van der Waals surface area contributed by atoms with Crippen molar-refractivity contribution < 1.29 is 13.2 Å². The van der Waals surface area contributed by atoms with E-state index in [9.17, 15) is 13.2 Å². The Morgan fingerprint density at radius 1 is 1.13 bits per heavy atom. The molecule has 1 amide bonds. The van der Waals surface area contributed by atoms with Crippen LogP contribution in [0, 0.1) is 0 Å². The molecule has 0 saturated heterocycles. The number of hydrogen-bond acceptors (Lipinski definition) is 4. The molecule has 0 radical (unpaired) electrons. The van der Waals surface area contributed by atoms with Crippen LogP contribution in [0.15, 0.2) is 58.4 Å². The highest BCUT2D eigenvalue weighted by Crippen LogP contribution is 2.31. The molecule has 0 aliphatic carbocycles. The number of fused-ring (bicyclic) bond motifs is 1. The van der Waals surface area contributed by atoms with E-state index in [1.807, 2.05) is 24.3 Å². The molecule has 1 aliphatic rings. The zero-order valence-electron chi connectivity index (χ0n) is 12.4. The quantitative estimate of drug-likeness (QED) is 0.841. The van der Waals surface area contributed by atoms with Gasteiger partial charge in [0.25, 0.3) is 0 Å². The van der Waals surface area contributed by atoms with Gasteiger partial charge in [0.15, 0.2) is 0 Å². The Hall–Kier alpha value is -2.51. The largest absolute Gasteiger partial charge is 0.325 e. The second-order valence-electron chi connectivity index (χ2n) is 5.03. The summed E-state index contributed by atoms with van der Waals surface area (Å²) in [6.07, 6.45) is 1.57. The Morgan fingerprint density at radius 3 is 2.52 bits per heavy atom. The van der Waals surface area contributed by atoms with Crippen LogP contribution in [0.1, 0.15) is 11.5 Å². The molecule has 0 aromatic heterocycles. The molecule has 1 heterocycles. The number of nitrogens with one attached hydrogen (secondary N) is 2. The van der Waals surface area contributed by atoms with E-state index in [4.69, 9.17) is 0 Å². The molecule has 0 spiro atoms. The molecular formula is C16H15N3O3S. The predicted molar refractivity (Wildman–Crippen MR) is 88.7 cm³/mol. The summed E-state index contributed by atoms with van der Waals surface area (Å²) in [5, 5.41) is 2.80. The molecular weight excluding hydrogens is 314 g/mol. The third kappa shape index (κ3) is 3.01. The van der Waals surface area contributed by atoms with E-state index in [-0.39, 0.29) is 10.8 Å². The fourth-order valence-corrected chi connectivity index (χ4v) is 3.10. The summed E-state index contributed by atoms with van der Waals surface area (Å²) >= 11 is 0. The third-order valence-corrected chi connectivity index (χ3v) is 5.05. The topological polar surface area (TPSA) is 87.6 Å². The average Bonchev–Trinajstić information content (AvgIpc) is 2.88. The summed E-state index contributed by atoms with van der Waals surface area (Å²) in [5.74, 6) is -0.559. The van der Waals surface area contributed by atoms with E-state index in [0.29, 0.717) is 5.69 Å². The first-order valence-electron chi connectivity index (χ1n) is 6.99. The third-order valence-electron chi connectivity index (χ3n) is 3.62. The van der Waals surface area contributed by atoms with E-state index in [1.165, 1.54) is 19.2 Å². The van der Waals surface area contributed by atoms with E-state index < -0.39 is 15.9 Å². The smallest absolute Gasteiger partial charge is 0.240 e. The fourth-order valence-electron chi connectivity index (χ4n) is 2.37. The van der Waals surface area contributed by atoms with Crippen LogP contribution in [-0.2, 0) is 14.8 Å². The minimum Gasteiger partial charge on any atom is -0.325 e. The summed E-state index contributed by atoms with van der Waals surface area (Å²) in [7, 11) is -2.10. The van der Waals surface area contributed by atoms with Gasteiger partial charge >= 0.3 is 0 Å². The lowest BCUT2D eigenvalue weighted by atomic mass is 10.0. The van der Waals surface area contributed by atoms with E-state index in [2.05, 4.69) is 15.0 Å². The van der Waals surface area contributed by atoms with Crippen molar-refractivity contribution in [1.29, 1.82) is 0 Å². The van der Waals surface area contributed by atoms with Gasteiger partial charge in [-0.1, -0.05) is 18.2 Å². The molecule has 23 heavy (non-hydrogen) atoms. The van der Waals surface area contributed by atoms with Crippen LogP contribution in [-0.4, -0.2) is 27.6 Å². The first-order valence-corrected chi connectivity index (χ1v) is 8.47. The average molecular weight is 329 g/mol. The van der Waals surface area contributed by atoms with Crippen molar-refractivity contribution in [2.75, 3.05) is 12.4 Å². The van der Waals surface area contributed by atoms with Crippen LogP contribution in [0.4, 0.5) is 11.4 Å². The number of nitrogens with zero attached hydrogens (tertiary/aromatic N) is 1. The molecule has 2 N–H and O–H groups in total. The van der Waals surface area contributed by atoms with Crippen LogP contribution >= 0.6 is 0 Å². The second kappa shape index (κ2) is 5.94. The first kappa shape index (κ1) is 15.4. The maximum atomic E-state index is 12.0. The second-order valence-corrected chi connectivity index (χ2v) is 6.92. The lowest BCUT2D eigenvalue weighted by Gasteiger charge is -2.03. The number of sulfonamides is 1. The molecule has 1 aliphatic heterocycles. The number of benzene rings is 2. The Kier molecular flexibility index (Phi) is 3.97. The molecule has 1 atom stereocenters. The van der Waals surface area contributed by atoms with Gasteiger partial charge < -0.3 is 5.32 Å². The highest BCUT2D eigenvalue weighted by Gasteiger charge is 2.28. The normalized spacial score (nSPS) is 17.3. The minimum atomic E-state index is -3.46. The summed E-state index contributed by atoms with van der Waals surface area (Å²) in [6.45, 7) is 0. The zero-order chi connectivity index (χ0) is 16.4. The SMILES string of the molecule is CNS(=O)(=O)c1ccc(N=CC2C(=O)Nc3ccccc32)cc1. The number of aliphatic imine (C=N–C) groups is 1. The van der Waals surface area contributed by atoms with Crippen molar-refractivity contribution in [3.05, 3.63) is 54.1 Å². The summed E-state index contributed by atoms with van der Waals surface area (Å²) in [4.78, 5) is 16.4. The number of hydrogen-bond donors (Lipinski definition) is 2. The fraction of sp³-hybridized carbons (Fsp3) is 0.125. The number of para-hydroxylation sites is 1. The van der Waals surface area contributed by atoms with Crippen molar-refractivity contribution in [2.24, 2.45) is 4.99 Å². The van der Waals surface area contributed by atoms with Gasteiger partial charge in [0.2, 0.25) is 15.9 Å². The van der Waals surface area contributed by atoms with Gasteiger partial charge in [0.1, 0.15) is 5.92 Å². The van der Waals surface area contributed by atoms with Crippen LogP contribution in [0.3, 0.4) is 0 Å². The van der Waals surface area contributed by atoms with E-state index >= 15 is 0 Å². The number of carbonyl (C=O) groups excluding carboxylic acids is 1. The van der Waals surface area contributed by atoms with Crippen molar-refractivity contribution in [1.82, 2.24) is 4.72 Å². The number of rotatable bonds is 4. The van der Waals surface area contributed by atoms with Crippen LogP contribution in [0.5, 0.6) is 0 Å². The monoisotopic (exact) mass is 329 g/mol. The first-order chi connectivity index (χ1) is 11.0. The van der Waals surface area contributed by atoms with Crippen LogP contribution in [0.25, 0.3) is 0 Å². The van der Waals surface area contributed by atoms with Gasteiger partial charge in [-0.2, -0.15) is 0 Å². The van der Waals surface area contributed by atoms with Gasteiger partial charge in [0, 0.05) is 11.9 Å². The van der Waals surface area contributed by atoms with Crippen molar-refractivity contribution in [2.45, 2.75) is 10.8 Å². The Balaban J connectivity index is 1.83. The summed E-state index contributed by atoms with van der Waals surface area (Å²) in [5.41, 5.74) is 2.26. The highest BCUT2D eigenvalue weighted by molar-refractivity contribution is 7.89. The molecule has 0 bridgehead atoms. The number of carbonyl (C=O) groups is 1. The molecule has 2 aromatic carbocycles. The van der Waals surface area contributed by atoms with Gasteiger partial charge in [-0.15, -0.1) is 0 Å². The summed E-state index contributed by atoms with van der Waals surface area (Å²) in [6, 6.07) is 13.6. The Bertz CT molecular complexity index is 874. The van der Waals surface area contributed by atoms with E-state index in [1.54, 1.807) is 18.3 Å². The number of amides is 1. The lowest BCUT2D eigenvalue weighted by molar-refractivity contribution is -0.115. The molecule has 7 heteroatoms. The summed E-state index contributed by atoms with van der Waals surface area (Å²) < 4.78 is 25.6. The highest BCUT2D eigenvalue weighted by atomic mass is 32.2. The molecule has 6 nitrogen and oxygen atoms in total. The van der Waals surface area contributed by atoms with Crippen LogP contribution < -0.4 is 10.0 Å². The van der Waals surface area contributed by atoms with Crippen molar-refractivity contribution >= 4 is 33.5 Å². The van der Waals surface area contributed by atoms with Gasteiger partial charge in [-0.25, -0.2) is 13.1 Å². The molecule has 2 aromatic rings. The van der Waals surface area contributed by atoms with Gasteiger partial charge in [-0.05, 0) is 42.9 Å². The molecule has 0 fully saturated rings. The lowest BCUT2D eigenvalue weighted by Crippen LogP contribution is -2.18. The van der Waals surface area contributed by atoms with E-state index in [0.717, 1.165) is 11.3 Å². The van der Waals surface area contributed by atoms with Crippen LogP contribution in [0.2, 0.25) is 0 Å². The standard InChI is InChI=1S/C16H15N3O3S/c1-17-23(21,22)12-8-6-11(7-9-12)18-10-14-13-4-2-3-5-15(13)19-16(14)20/h2-10,14,17H,1H3,(H,19,20). The number of anilines is 1. The van der Waals surface area contributed by atoms with Crippen molar-refractivity contribution in [3.63, 3.8) is 0 Å². The molecule has 3 rings (SSSR count). The molecule has 0 saturated carbocycles. The Labute approximate surface area is 134 Å². The molecule has 1 unspecified atom stereocenters. The minimum absolute atomic E-state index is 0.121. The zero-order valence-corrected chi connectivity index (χ0v) is 13.2. The predicted octanol–water partition coefficient (Wildman–Crippen LogP) is 2.03. The molecule has 118 valence electrons. The Morgan fingerprint density at radius 2 is 1.83 bits per heavy atom. The van der Waals surface area contributed by atoms with Crippen molar-refractivity contribution in [3.8, 4) is 0 Å². The van der Waals surface area contributed by atoms with Gasteiger partial charge in [-0.3, -0.25) is 9.79 Å².